The normalized spacial score (nSPS) is 15.7. The second-order valence-electron chi connectivity index (χ2n) is 6.53. The summed E-state index contributed by atoms with van der Waals surface area (Å²) in [5.74, 6) is 0.657. The number of benzene rings is 2. The predicted molar refractivity (Wildman–Crippen MR) is 100 cm³/mol. The number of rotatable bonds is 7. The van der Waals surface area contributed by atoms with Gasteiger partial charge in [-0.3, -0.25) is 9.69 Å². The summed E-state index contributed by atoms with van der Waals surface area (Å²) < 4.78 is 5.20. The lowest BCUT2D eigenvalue weighted by molar-refractivity contribution is 0.0937. The molecule has 1 aliphatic heterocycles. The lowest BCUT2D eigenvalue weighted by Gasteiger charge is -2.28. The number of nitrogens with one attached hydrogen (secondary N) is 1. The summed E-state index contributed by atoms with van der Waals surface area (Å²) in [5, 5.41) is 3.11. The van der Waals surface area contributed by atoms with Crippen LogP contribution in [-0.4, -0.2) is 43.6 Å². The van der Waals surface area contributed by atoms with Crippen LogP contribution in [0.2, 0.25) is 0 Å². The second kappa shape index (κ2) is 8.67. The molecule has 2 aromatic rings. The third-order valence-electron chi connectivity index (χ3n) is 4.80. The molecule has 25 heavy (non-hydrogen) atoms. The molecule has 132 valence electrons. The van der Waals surface area contributed by atoms with E-state index in [-0.39, 0.29) is 5.91 Å². The zero-order valence-corrected chi connectivity index (χ0v) is 14.8. The molecule has 1 amide bonds. The van der Waals surface area contributed by atoms with Crippen LogP contribution in [0.3, 0.4) is 0 Å². The minimum atomic E-state index is -0.0452. The Hall–Kier alpha value is -2.33. The predicted octanol–water partition coefficient (Wildman–Crippen LogP) is 3.13. The Balaban J connectivity index is 1.64. The van der Waals surface area contributed by atoms with Crippen LogP contribution >= 0.6 is 0 Å². The minimum Gasteiger partial charge on any atom is -0.497 e. The van der Waals surface area contributed by atoms with Gasteiger partial charge in [-0.1, -0.05) is 36.4 Å². The van der Waals surface area contributed by atoms with Gasteiger partial charge in [-0.05, 0) is 56.1 Å². The number of hydrogen-bond donors (Lipinski definition) is 1. The molecule has 4 nitrogen and oxygen atoms in total. The number of carbonyl (C=O) groups is 1. The maximum atomic E-state index is 12.5. The first-order chi connectivity index (χ1) is 12.3. The quantitative estimate of drug-likeness (QED) is 0.843. The van der Waals surface area contributed by atoms with E-state index in [2.05, 4.69) is 34.5 Å². The van der Waals surface area contributed by atoms with Crippen molar-refractivity contribution in [2.75, 3.05) is 26.7 Å². The van der Waals surface area contributed by atoms with Crippen LogP contribution in [0, 0.1) is 0 Å². The number of methoxy groups -OCH3 is 1. The highest BCUT2D eigenvalue weighted by molar-refractivity contribution is 5.94. The fourth-order valence-corrected chi connectivity index (χ4v) is 3.40. The molecule has 3 rings (SSSR count). The molecule has 0 aromatic heterocycles. The average molecular weight is 338 g/mol. The van der Waals surface area contributed by atoms with Crippen LogP contribution in [0.1, 0.15) is 28.8 Å². The SMILES string of the molecule is COc1cccc(C(=O)NCC(Cc2ccccc2)N2CCCC2)c1. The van der Waals surface area contributed by atoms with Crippen molar-refractivity contribution in [3.63, 3.8) is 0 Å². The van der Waals surface area contributed by atoms with Crippen LogP contribution in [0.15, 0.2) is 54.6 Å². The van der Waals surface area contributed by atoms with Crippen LogP contribution < -0.4 is 10.1 Å². The molecule has 1 unspecified atom stereocenters. The molecule has 4 heteroatoms. The van der Waals surface area contributed by atoms with Crippen molar-refractivity contribution in [1.29, 1.82) is 0 Å². The molecule has 0 bridgehead atoms. The Kier molecular flexibility index (Phi) is 6.07. The summed E-state index contributed by atoms with van der Waals surface area (Å²) in [5.41, 5.74) is 1.95. The van der Waals surface area contributed by atoms with Gasteiger partial charge in [-0.2, -0.15) is 0 Å². The van der Waals surface area contributed by atoms with E-state index < -0.39 is 0 Å². The van der Waals surface area contributed by atoms with Crippen molar-refractivity contribution in [2.24, 2.45) is 0 Å². The maximum absolute atomic E-state index is 12.5. The van der Waals surface area contributed by atoms with Gasteiger partial charge in [-0.15, -0.1) is 0 Å². The molecule has 0 radical (unpaired) electrons. The van der Waals surface area contributed by atoms with Crippen LogP contribution in [-0.2, 0) is 6.42 Å². The maximum Gasteiger partial charge on any atom is 0.251 e. The Morgan fingerprint density at radius 2 is 1.88 bits per heavy atom. The van der Waals surface area contributed by atoms with Crippen molar-refractivity contribution < 1.29 is 9.53 Å². The number of amides is 1. The fourth-order valence-electron chi connectivity index (χ4n) is 3.40. The number of carbonyl (C=O) groups excluding carboxylic acids is 1. The summed E-state index contributed by atoms with van der Waals surface area (Å²) in [6.07, 6.45) is 3.45. The Morgan fingerprint density at radius 3 is 2.60 bits per heavy atom. The van der Waals surface area contributed by atoms with Crippen LogP contribution in [0.4, 0.5) is 0 Å². The minimum absolute atomic E-state index is 0.0452. The molecule has 1 aliphatic rings. The van der Waals surface area contributed by atoms with Crippen LogP contribution in [0.25, 0.3) is 0 Å². The molecule has 0 aliphatic carbocycles. The van der Waals surface area contributed by atoms with Crippen molar-refractivity contribution in [2.45, 2.75) is 25.3 Å². The average Bonchev–Trinajstić information content (AvgIpc) is 3.20. The molecule has 0 saturated carbocycles. The van der Waals surface area contributed by atoms with Gasteiger partial charge in [0.25, 0.3) is 5.91 Å². The smallest absolute Gasteiger partial charge is 0.251 e. The van der Waals surface area contributed by atoms with E-state index >= 15 is 0 Å². The van der Waals surface area contributed by atoms with E-state index in [0.717, 1.165) is 19.5 Å². The van der Waals surface area contributed by atoms with Gasteiger partial charge >= 0.3 is 0 Å². The van der Waals surface area contributed by atoms with Crippen molar-refractivity contribution >= 4 is 5.91 Å². The summed E-state index contributed by atoms with van der Waals surface area (Å²) in [6, 6.07) is 18.1. The third-order valence-corrected chi connectivity index (χ3v) is 4.80. The highest BCUT2D eigenvalue weighted by atomic mass is 16.5. The number of hydrogen-bond acceptors (Lipinski definition) is 3. The van der Waals surface area contributed by atoms with E-state index in [9.17, 15) is 4.79 Å². The van der Waals surface area contributed by atoms with Crippen LogP contribution in [0.5, 0.6) is 5.75 Å². The van der Waals surface area contributed by atoms with E-state index in [0.29, 0.717) is 23.9 Å². The molecule has 1 heterocycles. The standard InChI is InChI=1S/C21H26N2O2/c1-25-20-11-7-10-18(15-20)21(24)22-16-19(23-12-5-6-13-23)14-17-8-3-2-4-9-17/h2-4,7-11,15,19H,5-6,12-14,16H2,1H3,(H,22,24). The number of ether oxygens (including phenoxy) is 1. The largest absolute Gasteiger partial charge is 0.497 e. The van der Waals surface area contributed by atoms with Gasteiger partial charge in [0.15, 0.2) is 0 Å². The Labute approximate surface area is 149 Å². The zero-order valence-electron chi connectivity index (χ0n) is 14.8. The first-order valence-electron chi connectivity index (χ1n) is 8.96. The molecule has 1 fully saturated rings. The van der Waals surface area contributed by atoms with E-state index in [1.54, 1.807) is 13.2 Å². The lowest BCUT2D eigenvalue weighted by atomic mass is 10.0. The summed E-state index contributed by atoms with van der Waals surface area (Å²) in [6.45, 7) is 2.89. The van der Waals surface area contributed by atoms with Crippen molar-refractivity contribution in [1.82, 2.24) is 10.2 Å². The number of likely N-dealkylation sites (tertiary alicyclic amines) is 1. The molecule has 2 aromatic carbocycles. The highest BCUT2D eigenvalue weighted by Gasteiger charge is 2.23. The second-order valence-corrected chi connectivity index (χ2v) is 6.53. The van der Waals surface area contributed by atoms with Crippen molar-refractivity contribution in [3.05, 3.63) is 65.7 Å². The lowest BCUT2D eigenvalue weighted by Crippen LogP contribution is -2.44. The summed E-state index contributed by atoms with van der Waals surface area (Å²) in [7, 11) is 1.61. The fraction of sp³-hybridized carbons (Fsp3) is 0.381. The first-order valence-corrected chi connectivity index (χ1v) is 8.96. The van der Waals surface area contributed by atoms with Gasteiger partial charge in [0, 0.05) is 18.2 Å². The third kappa shape index (κ3) is 4.83. The number of nitrogens with zero attached hydrogens (tertiary/aromatic N) is 1. The monoisotopic (exact) mass is 338 g/mol. The highest BCUT2D eigenvalue weighted by Crippen LogP contribution is 2.16. The summed E-state index contributed by atoms with van der Waals surface area (Å²) in [4.78, 5) is 15.0. The van der Waals surface area contributed by atoms with Gasteiger partial charge in [-0.25, -0.2) is 0 Å². The molecule has 1 saturated heterocycles. The molecular weight excluding hydrogens is 312 g/mol. The van der Waals surface area contributed by atoms with E-state index in [1.807, 2.05) is 24.3 Å². The van der Waals surface area contributed by atoms with E-state index in [4.69, 9.17) is 4.74 Å². The first kappa shape index (κ1) is 17.5. The Morgan fingerprint density at radius 1 is 1.12 bits per heavy atom. The van der Waals surface area contributed by atoms with Crippen molar-refractivity contribution in [3.8, 4) is 5.75 Å². The van der Waals surface area contributed by atoms with Gasteiger partial charge in [0.1, 0.15) is 5.75 Å². The molecule has 1 atom stereocenters. The van der Waals surface area contributed by atoms with Gasteiger partial charge in [0.2, 0.25) is 0 Å². The Bertz CT molecular complexity index is 681. The topological polar surface area (TPSA) is 41.6 Å². The van der Waals surface area contributed by atoms with Gasteiger partial charge < -0.3 is 10.1 Å². The zero-order chi connectivity index (χ0) is 17.5. The molecule has 0 spiro atoms. The van der Waals surface area contributed by atoms with E-state index in [1.165, 1.54) is 18.4 Å². The van der Waals surface area contributed by atoms with Gasteiger partial charge in [0.05, 0.1) is 7.11 Å². The molecule has 1 N–H and O–H groups in total. The molecular formula is C21H26N2O2. The summed E-state index contributed by atoms with van der Waals surface area (Å²) >= 11 is 0.